The number of rotatable bonds is 3. The summed E-state index contributed by atoms with van der Waals surface area (Å²) in [6.45, 7) is 1.98. The molecule has 108 valence electrons. The molecule has 0 bridgehead atoms. The highest BCUT2D eigenvalue weighted by atomic mass is 16.7. The monoisotopic (exact) mass is 282 g/mol. The van der Waals surface area contributed by atoms with Gasteiger partial charge in [0.1, 0.15) is 6.10 Å². The van der Waals surface area contributed by atoms with Crippen LogP contribution in [0.25, 0.3) is 0 Å². The zero-order valence-corrected chi connectivity index (χ0v) is 11.9. The topological polar surface area (TPSA) is 35.5 Å². The van der Waals surface area contributed by atoms with Crippen molar-refractivity contribution in [1.29, 1.82) is 0 Å². The molecule has 0 amide bonds. The van der Waals surface area contributed by atoms with Crippen LogP contribution in [0.3, 0.4) is 0 Å². The lowest BCUT2D eigenvalue weighted by molar-refractivity contribution is -0.236. The van der Waals surface area contributed by atoms with E-state index in [0.29, 0.717) is 6.42 Å². The van der Waals surface area contributed by atoms with Crippen molar-refractivity contribution in [3.63, 3.8) is 0 Å². The fraction of sp³-hybridized carbons (Fsp3) is 0.278. The van der Waals surface area contributed by atoms with Gasteiger partial charge in [0.2, 0.25) is 6.29 Å². The maximum Gasteiger partial charge on any atom is 0.314 e. The molecule has 3 unspecified atom stereocenters. The Kier molecular flexibility index (Phi) is 4.02. The molecule has 1 fully saturated rings. The molecule has 0 N–H and O–H groups in total. The largest absolute Gasteiger partial charge is 0.431 e. The minimum atomic E-state index is -0.633. The second-order valence-corrected chi connectivity index (χ2v) is 5.16. The zero-order chi connectivity index (χ0) is 14.7. The average molecular weight is 282 g/mol. The highest BCUT2D eigenvalue weighted by Crippen LogP contribution is 2.40. The first kappa shape index (κ1) is 13.8. The quantitative estimate of drug-likeness (QED) is 0.797. The molecule has 0 spiro atoms. The van der Waals surface area contributed by atoms with E-state index in [1.165, 1.54) is 0 Å². The van der Waals surface area contributed by atoms with Crippen molar-refractivity contribution in [3.8, 4) is 0 Å². The van der Waals surface area contributed by atoms with E-state index < -0.39 is 6.29 Å². The Hall–Kier alpha value is -2.13. The van der Waals surface area contributed by atoms with Gasteiger partial charge in [-0.25, -0.2) is 0 Å². The van der Waals surface area contributed by atoms with Crippen LogP contribution in [-0.4, -0.2) is 5.97 Å². The molecule has 0 saturated carbocycles. The number of carbonyl (C=O) groups is 1. The van der Waals surface area contributed by atoms with Crippen LogP contribution in [0.1, 0.15) is 36.9 Å². The molecule has 0 aromatic heterocycles. The fourth-order valence-electron chi connectivity index (χ4n) is 2.66. The van der Waals surface area contributed by atoms with Crippen LogP contribution in [-0.2, 0) is 14.3 Å². The number of esters is 1. The molecule has 0 radical (unpaired) electrons. The minimum Gasteiger partial charge on any atom is -0.431 e. The summed E-state index contributed by atoms with van der Waals surface area (Å²) in [5, 5.41) is 0. The predicted molar refractivity (Wildman–Crippen MR) is 79.3 cm³/mol. The van der Waals surface area contributed by atoms with E-state index in [1.807, 2.05) is 67.6 Å². The lowest BCUT2D eigenvalue weighted by Crippen LogP contribution is -2.34. The average Bonchev–Trinajstić information content (AvgIpc) is 2.55. The first-order valence-electron chi connectivity index (χ1n) is 7.25. The van der Waals surface area contributed by atoms with Crippen molar-refractivity contribution in [3.05, 3.63) is 71.8 Å². The standard InChI is InChI=1S/C18H18O3/c1-2-15-16(13-9-5-3-6-10-13)20-18(21-17(15)19)14-11-7-4-8-12-14/h3-12,15-16,18H,2H2,1H3. The van der Waals surface area contributed by atoms with Crippen LogP contribution >= 0.6 is 0 Å². The molecule has 1 aliphatic heterocycles. The maximum absolute atomic E-state index is 12.3. The van der Waals surface area contributed by atoms with E-state index in [9.17, 15) is 4.79 Å². The molecule has 3 rings (SSSR count). The van der Waals surface area contributed by atoms with Crippen molar-refractivity contribution in [2.75, 3.05) is 0 Å². The van der Waals surface area contributed by atoms with E-state index >= 15 is 0 Å². The van der Waals surface area contributed by atoms with Gasteiger partial charge in [-0.05, 0) is 12.0 Å². The Morgan fingerprint density at radius 3 is 2.05 bits per heavy atom. The molecule has 21 heavy (non-hydrogen) atoms. The second-order valence-electron chi connectivity index (χ2n) is 5.16. The summed E-state index contributed by atoms with van der Waals surface area (Å²) in [4.78, 5) is 12.3. The number of hydrogen-bond acceptors (Lipinski definition) is 3. The Balaban J connectivity index is 1.91. The first-order valence-corrected chi connectivity index (χ1v) is 7.25. The number of benzene rings is 2. The van der Waals surface area contributed by atoms with Crippen LogP contribution in [0.15, 0.2) is 60.7 Å². The Labute approximate surface area is 124 Å². The fourth-order valence-corrected chi connectivity index (χ4v) is 2.66. The molecule has 3 nitrogen and oxygen atoms in total. The Morgan fingerprint density at radius 1 is 0.905 bits per heavy atom. The molecular weight excluding hydrogens is 264 g/mol. The molecule has 3 atom stereocenters. The SMILES string of the molecule is CCC1C(=O)OC(c2ccccc2)OC1c1ccccc1. The zero-order valence-electron chi connectivity index (χ0n) is 11.9. The third-order valence-electron chi connectivity index (χ3n) is 3.80. The smallest absolute Gasteiger partial charge is 0.314 e. The summed E-state index contributed by atoms with van der Waals surface area (Å²) in [5.74, 6) is -0.446. The molecule has 3 heteroatoms. The van der Waals surface area contributed by atoms with Gasteiger partial charge in [-0.3, -0.25) is 4.79 Å². The highest BCUT2D eigenvalue weighted by molar-refractivity contribution is 5.74. The number of hydrogen-bond donors (Lipinski definition) is 0. The summed E-state index contributed by atoms with van der Waals surface area (Å²) in [6.07, 6.45) is -0.200. The molecule has 2 aromatic rings. The van der Waals surface area contributed by atoms with Gasteiger partial charge in [-0.15, -0.1) is 0 Å². The lowest BCUT2D eigenvalue weighted by atomic mass is 9.92. The van der Waals surface area contributed by atoms with Gasteiger partial charge in [-0.1, -0.05) is 67.6 Å². The summed E-state index contributed by atoms with van der Waals surface area (Å²) >= 11 is 0. The van der Waals surface area contributed by atoms with E-state index in [0.717, 1.165) is 11.1 Å². The molecule has 1 aliphatic rings. The van der Waals surface area contributed by atoms with E-state index in [4.69, 9.17) is 9.47 Å². The second kappa shape index (κ2) is 6.10. The third-order valence-corrected chi connectivity index (χ3v) is 3.80. The van der Waals surface area contributed by atoms with Crippen LogP contribution in [0.5, 0.6) is 0 Å². The van der Waals surface area contributed by atoms with Crippen LogP contribution in [0, 0.1) is 5.92 Å². The van der Waals surface area contributed by atoms with Crippen molar-refractivity contribution >= 4 is 5.97 Å². The third kappa shape index (κ3) is 2.83. The van der Waals surface area contributed by atoms with E-state index in [2.05, 4.69) is 0 Å². The van der Waals surface area contributed by atoms with Gasteiger partial charge in [0.15, 0.2) is 0 Å². The molecule has 1 heterocycles. The van der Waals surface area contributed by atoms with Gasteiger partial charge in [0, 0.05) is 5.56 Å². The Morgan fingerprint density at radius 2 is 1.48 bits per heavy atom. The summed E-state index contributed by atoms with van der Waals surface area (Å²) < 4.78 is 11.6. The number of carbonyl (C=O) groups excluding carboxylic acids is 1. The summed E-state index contributed by atoms with van der Waals surface area (Å²) in [7, 11) is 0. The molecule has 1 saturated heterocycles. The van der Waals surface area contributed by atoms with Gasteiger partial charge >= 0.3 is 5.97 Å². The van der Waals surface area contributed by atoms with Crippen molar-refractivity contribution in [1.82, 2.24) is 0 Å². The summed E-state index contributed by atoms with van der Waals surface area (Å²) in [5.41, 5.74) is 1.88. The van der Waals surface area contributed by atoms with Gasteiger partial charge in [0.25, 0.3) is 0 Å². The number of cyclic esters (lactones) is 1. The highest BCUT2D eigenvalue weighted by Gasteiger charge is 2.39. The molecular formula is C18H18O3. The van der Waals surface area contributed by atoms with E-state index in [1.54, 1.807) is 0 Å². The van der Waals surface area contributed by atoms with Crippen molar-refractivity contribution in [2.24, 2.45) is 5.92 Å². The van der Waals surface area contributed by atoms with Gasteiger partial charge in [-0.2, -0.15) is 0 Å². The van der Waals surface area contributed by atoms with Gasteiger partial charge < -0.3 is 9.47 Å². The maximum atomic E-state index is 12.3. The van der Waals surface area contributed by atoms with Crippen molar-refractivity contribution < 1.29 is 14.3 Å². The van der Waals surface area contributed by atoms with Gasteiger partial charge in [0.05, 0.1) is 5.92 Å². The molecule has 2 aromatic carbocycles. The van der Waals surface area contributed by atoms with E-state index in [-0.39, 0.29) is 18.0 Å². The normalized spacial score (nSPS) is 25.4. The summed E-state index contributed by atoms with van der Waals surface area (Å²) in [6, 6.07) is 19.4. The predicted octanol–water partition coefficient (Wildman–Crippen LogP) is 4.03. The lowest BCUT2D eigenvalue weighted by Gasteiger charge is -2.35. The van der Waals surface area contributed by atoms with Crippen LogP contribution in [0.2, 0.25) is 0 Å². The minimum absolute atomic E-state index is 0.188. The first-order chi connectivity index (χ1) is 10.3. The van der Waals surface area contributed by atoms with Crippen LogP contribution < -0.4 is 0 Å². The number of ether oxygens (including phenoxy) is 2. The van der Waals surface area contributed by atoms with Crippen molar-refractivity contribution in [2.45, 2.75) is 25.7 Å². The molecule has 0 aliphatic carbocycles. The van der Waals surface area contributed by atoms with Crippen LogP contribution in [0.4, 0.5) is 0 Å². The Bertz CT molecular complexity index is 594.